The molecule has 0 spiro atoms. The Morgan fingerprint density at radius 2 is 1.71 bits per heavy atom. The highest BCUT2D eigenvalue weighted by molar-refractivity contribution is 5.94. The van der Waals surface area contributed by atoms with E-state index in [1.54, 1.807) is 0 Å². The van der Waals surface area contributed by atoms with Crippen molar-refractivity contribution in [2.24, 2.45) is 5.92 Å². The number of carboxylic acids is 1. The highest BCUT2D eigenvalue weighted by atomic mass is 16.6. The number of carboxylic acid groups (broad SMARTS) is 1. The molecule has 2 aliphatic rings. The van der Waals surface area contributed by atoms with Crippen molar-refractivity contribution < 1.29 is 28.8 Å². The predicted molar refractivity (Wildman–Crippen MR) is 126 cm³/mol. The predicted octanol–water partition coefficient (Wildman–Crippen LogP) is 4.41. The molecular formula is C26H25N3O6. The Morgan fingerprint density at radius 1 is 1.03 bits per heavy atom. The van der Waals surface area contributed by atoms with Gasteiger partial charge in [-0.3, -0.25) is 14.9 Å². The molecule has 1 heterocycles. The number of carbonyl (C=O) groups excluding carboxylic acids is 2. The standard InChI is InChI=1S/C26H25N3O6/c30-24(31)12-15-9-10-16(11-15)27-25(32)22-13-23(35-29-22)28-26(33)34-14-21-19-7-3-1-5-17(19)18-6-2-4-8-20(18)21/h1-8,13,15-16,21H,9-12,14H2,(H,27,32)(H,28,33)(H,30,31)/t15-,16+/m1/s1. The Morgan fingerprint density at radius 3 is 2.40 bits per heavy atom. The Hall–Kier alpha value is -4.14. The summed E-state index contributed by atoms with van der Waals surface area (Å²) in [6, 6.07) is 17.3. The minimum absolute atomic E-state index is 0.00236. The van der Waals surface area contributed by atoms with Crippen LogP contribution in [0.4, 0.5) is 10.7 Å². The largest absolute Gasteiger partial charge is 0.481 e. The van der Waals surface area contributed by atoms with Gasteiger partial charge >= 0.3 is 12.1 Å². The van der Waals surface area contributed by atoms with Crippen molar-refractivity contribution in [3.05, 3.63) is 71.4 Å². The average molecular weight is 476 g/mol. The fourth-order valence-electron chi connectivity index (χ4n) is 5.07. The van der Waals surface area contributed by atoms with Crippen molar-refractivity contribution in [1.29, 1.82) is 0 Å². The summed E-state index contributed by atoms with van der Waals surface area (Å²) >= 11 is 0. The van der Waals surface area contributed by atoms with E-state index in [-0.39, 0.29) is 42.5 Å². The quantitative estimate of drug-likeness (QED) is 0.461. The van der Waals surface area contributed by atoms with Crippen LogP contribution in [0.15, 0.2) is 59.1 Å². The maximum Gasteiger partial charge on any atom is 0.414 e. The van der Waals surface area contributed by atoms with Crippen LogP contribution in [0.3, 0.4) is 0 Å². The molecule has 1 aromatic heterocycles. The van der Waals surface area contributed by atoms with Gasteiger partial charge in [-0.2, -0.15) is 0 Å². The second kappa shape index (κ2) is 9.61. The molecule has 2 atom stereocenters. The molecule has 2 amide bonds. The molecule has 35 heavy (non-hydrogen) atoms. The van der Waals surface area contributed by atoms with E-state index in [0.29, 0.717) is 12.8 Å². The molecule has 1 saturated carbocycles. The molecule has 0 radical (unpaired) electrons. The zero-order chi connectivity index (χ0) is 24.4. The number of carbonyl (C=O) groups is 3. The summed E-state index contributed by atoms with van der Waals surface area (Å²) in [7, 11) is 0. The van der Waals surface area contributed by atoms with Gasteiger partial charge in [-0.1, -0.05) is 53.7 Å². The van der Waals surface area contributed by atoms with Crippen molar-refractivity contribution in [3.63, 3.8) is 0 Å². The van der Waals surface area contributed by atoms with Gasteiger partial charge in [0.1, 0.15) is 6.61 Å². The first-order chi connectivity index (χ1) is 17.0. The number of hydrogen-bond donors (Lipinski definition) is 3. The van der Waals surface area contributed by atoms with Crippen LogP contribution in [0.1, 0.15) is 53.2 Å². The molecule has 2 aliphatic carbocycles. The van der Waals surface area contributed by atoms with Crippen LogP contribution in [-0.4, -0.2) is 40.9 Å². The van der Waals surface area contributed by atoms with Crippen LogP contribution in [0.5, 0.6) is 0 Å². The summed E-state index contributed by atoms with van der Waals surface area (Å²) in [6.07, 6.45) is 1.48. The van der Waals surface area contributed by atoms with Crippen molar-refractivity contribution in [1.82, 2.24) is 10.5 Å². The fourth-order valence-corrected chi connectivity index (χ4v) is 5.07. The number of benzene rings is 2. The summed E-state index contributed by atoms with van der Waals surface area (Å²) in [5.41, 5.74) is 4.52. The van der Waals surface area contributed by atoms with Gasteiger partial charge in [-0.05, 0) is 47.4 Å². The summed E-state index contributed by atoms with van der Waals surface area (Å²) in [6.45, 7) is 0.153. The molecule has 2 aromatic carbocycles. The summed E-state index contributed by atoms with van der Waals surface area (Å²) in [5, 5.41) is 18.0. The van der Waals surface area contributed by atoms with E-state index in [1.807, 2.05) is 36.4 Å². The van der Waals surface area contributed by atoms with Crippen molar-refractivity contribution in [2.45, 2.75) is 37.6 Å². The molecule has 9 heteroatoms. The number of aliphatic carboxylic acids is 1. The van der Waals surface area contributed by atoms with Gasteiger partial charge < -0.3 is 19.7 Å². The second-order valence-electron chi connectivity index (χ2n) is 8.97. The number of aromatic nitrogens is 1. The lowest BCUT2D eigenvalue weighted by molar-refractivity contribution is -0.138. The van der Waals surface area contributed by atoms with E-state index in [4.69, 9.17) is 14.4 Å². The first kappa shape index (κ1) is 22.6. The average Bonchev–Trinajstić information content (AvgIpc) is 3.55. The molecule has 0 saturated heterocycles. The van der Waals surface area contributed by atoms with E-state index in [1.165, 1.54) is 6.07 Å². The number of hydrogen-bond acceptors (Lipinski definition) is 6. The third-order valence-electron chi connectivity index (χ3n) is 6.65. The normalized spacial score (nSPS) is 18.5. The van der Waals surface area contributed by atoms with Gasteiger partial charge in [0.15, 0.2) is 5.69 Å². The number of amides is 2. The lowest BCUT2D eigenvalue weighted by atomic mass is 9.98. The minimum Gasteiger partial charge on any atom is -0.481 e. The first-order valence-corrected chi connectivity index (χ1v) is 11.6. The Labute approximate surface area is 201 Å². The molecule has 3 aromatic rings. The number of nitrogens with one attached hydrogen (secondary N) is 2. The van der Waals surface area contributed by atoms with E-state index in [9.17, 15) is 14.4 Å². The van der Waals surface area contributed by atoms with E-state index < -0.39 is 18.0 Å². The van der Waals surface area contributed by atoms with Crippen LogP contribution >= 0.6 is 0 Å². The molecule has 0 unspecified atom stereocenters. The Kier molecular flexibility index (Phi) is 6.22. The Balaban J connectivity index is 1.15. The van der Waals surface area contributed by atoms with Crippen LogP contribution < -0.4 is 10.6 Å². The number of fused-ring (bicyclic) bond motifs is 3. The van der Waals surface area contributed by atoms with Crippen LogP contribution in [-0.2, 0) is 9.53 Å². The third kappa shape index (κ3) is 4.89. The van der Waals surface area contributed by atoms with Gasteiger partial charge in [0, 0.05) is 24.4 Å². The van der Waals surface area contributed by atoms with Gasteiger partial charge in [0.25, 0.3) is 5.91 Å². The highest BCUT2D eigenvalue weighted by Crippen LogP contribution is 2.44. The number of rotatable bonds is 7. The first-order valence-electron chi connectivity index (χ1n) is 11.6. The highest BCUT2D eigenvalue weighted by Gasteiger charge is 2.30. The maximum atomic E-state index is 12.5. The number of nitrogens with zero attached hydrogens (tertiary/aromatic N) is 1. The van der Waals surface area contributed by atoms with Crippen LogP contribution in [0.2, 0.25) is 0 Å². The van der Waals surface area contributed by atoms with Crippen molar-refractivity contribution in [3.8, 4) is 11.1 Å². The zero-order valence-corrected chi connectivity index (χ0v) is 18.9. The fraction of sp³-hybridized carbons (Fsp3) is 0.308. The van der Waals surface area contributed by atoms with Gasteiger partial charge in [0.2, 0.25) is 5.88 Å². The minimum atomic E-state index is -0.831. The Bertz CT molecular complexity index is 1220. The summed E-state index contributed by atoms with van der Waals surface area (Å²) < 4.78 is 10.6. The molecule has 0 aliphatic heterocycles. The maximum absolute atomic E-state index is 12.5. The SMILES string of the molecule is O=C(O)C[C@@H]1CC[C@H](NC(=O)c2cc(NC(=O)OCC3c4ccccc4-c4ccccc43)on2)C1. The smallest absolute Gasteiger partial charge is 0.414 e. The van der Waals surface area contributed by atoms with E-state index in [0.717, 1.165) is 28.7 Å². The lowest BCUT2D eigenvalue weighted by Crippen LogP contribution is -2.33. The zero-order valence-electron chi connectivity index (χ0n) is 18.9. The van der Waals surface area contributed by atoms with Gasteiger partial charge in [-0.15, -0.1) is 0 Å². The molecule has 0 bridgehead atoms. The summed E-state index contributed by atoms with van der Waals surface area (Å²) in [5.74, 6) is -1.28. The molecule has 5 rings (SSSR count). The number of ether oxygens (including phenoxy) is 1. The molecule has 3 N–H and O–H groups in total. The second-order valence-corrected chi connectivity index (χ2v) is 8.97. The van der Waals surface area contributed by atoms with Crippen LogP contribution in [0.25, 0.3) is 11.1 Å². The summed E-state index contributed by atoms with van der Waals surface area (Å²) in [4.78, 5) is 35.7. The van der Waals surface area contributed by atoms with Crippen molar-refractivity contribution in [2.75, 3.05) is 11.9 Å². The molecule has 9 nitrogen and oxygen atoms in total. The lowest BCUT2D eigenvalue weighted by Gasteiger charge is -2.14. The van der Waals surface area contributed by atoms with Crippen molar-refractivity contribution >= 4 is 23.9 Å². The topological polar surface area (TPSA) is 131 Å². The molecule has 1 fully saturated rings. The number of anilines is 1. The van der Waals surface area contributed by atoms with Crippen LogP contribution in [0, 0.1) is 5.92 Å². The molecule has 180 valence electrons. The third-order valence-corrected chi connectivity index (χ3v) is 6.65. The molecular weight excluding hydrogens is 450 g/mol. The monoisotopic (exact) mass is 475 g/mol. The van der Waals surface area contributed by atoms with Gasteiger partial charge in [-0.25, -0.2) is 4.79 Å². The van der Waals surface area contributed by atoms with E-state index >= 15 is 0 Å². The van der Waals surface area contributed by atoms with E-state index in [2.05, 4.69) is 27.9 Å². The van der Waals surface area contributed by atoms with Gasteiger partial charge in [0.05, 0.1) is 0 Å².